The SMILES string of the molecule is COc1cc([C@@H](N)CCCN)ccc1F.Cl. The van der Waals surface area contributed by atoms with Crippen LogP contribution in [0.25, 0.3) is 0 Å². The highest BCUT2D eigenvalue weighted by Crippen LogP contribution is 2.23. The lowest BCUT2D eigenvalue weighted by Gasteiger charge is -2.12. The molecule has 0 aromatic heterocycles. The number of benzene rings is 1. The van der Waals surface area contributed by atoms with Crippen LogP contribution in [0.5, 0.6) is 5.75 Å². The van der Waals surface area contributed by atoms with E-state index in [9.17, 15) is 4.39 Å². The smallest absolute Gasteiger partial charge is 0.165 e. The summed E-state index contributed by atoms with van der Waals surface area (Å²) < 4.78 is 18.0. The summed E-state index contributed by atoms with van der Waals surface area (Å²) in [7, 11) is 1.44. The van der Waals surface area contributed by atoms with Gasteiger partial charge < -0.3 is 16.2 Å². The summed E-state index contributed by atoms with van der Waals surface area (Å²) in [5, 5.41) is 0. The fourth-order valence-corrected chi connectivity index (χ4v) is 1.41. The third-order valence-corrected chi connectivity index (χ3v) is 2.32. The topological polar surface area (TPSA) is 61.3 Å². The molecule has 0 saturated heterocycles. The molecule has 0 bridgehead atoms. The summed E-state index contributed by atoms with van der Waals surface area (Å²) in [5.74, 6) is -0.136. The highest BCUT2D eigenvalue weighted by molar-refractivity contribution is 5.85. The molecule has 0 heterocycles. The number of hydrogen-bond donors (Lipinski definition) is 2. The lowest BCUT2D eigenvalue weighted by atomic mass is 10.0. The Morgan fingerprint density at radius 1 is 1.44 bits per heavy atom. The van der Waals surface area contributed by atoms with Crippen molar-refractivity contribution in [2.24, 2.45) is 11.5 Å². The predicted molar refractivity (Wildman–Crippen MR) is 65.4 cm³/mol. The van der Waals surface area contributed by atoms with Gasteiger partial charge in [-0.05, 0) is 37.1 Å². The highest BCUT2D eigenvalue weighted by atomic mass is 35.5. The van der Waals surface area contributed by atoms with Gasteiger partial charge in [0, 0.05) is 6.04 Å². The van der Waals surface area contributed by atoms with Crippen LogP contribution in [-0.4, -0.2) is 13.7 Å². The fourth-order valence-electron chi connectivity index (χ4n) is 1.41. The summed E-state index contributed by atoms with van der Waals surface area (Å²) in [4.78, 5) is 0. The molecule has 0 fully saturated rings. The van der Waals surface area contributed by atoms with Gasteiger partial charge in [0.15, 0.2) is 11.6 Å². The zero-order chi connectivity index (χ0) is 11.3. The second-order valence-corrected chi connectivity index (χ2v) is 3.43. The first-order chi connectivity index (χ1) is 7.19. The van der Waals surface area contributed by atoms with Crippen molar-refractivity contribution in [3.8, 4) is 5.75 Å². The van der Waals surface area contributed by atoms with Crippen LogP contribution < -0.4 is 16.2 Å². The maximum Gasteiger partial charge on any atom is 0.165 e. The molecule has 0 aliphatic heterocycles. The summed E-state index contributed by atoms with van der Waals surface area (Å²) in [6.45, 7) is 0.617. The van der Waals surface area contributed by atoms with Crippen LogP contribution in [0.4, 0.5) is 4.39 Å². The number of halogens is 2. The second-order valence-electron chi connectivity index (χ2n) is 3.43. The number of ether oxygens (including phenoxy) is 1. The Balaban J connectivity index is 0.00000225. The molecule has 92 valence electrons. The standard InChI is InChI=1S/C11H17FN2O.ClH/c1-15-11-7-8(4-5-9(11)12)10(14)3-2-6-13;/h4-5,7,10H,2-3,6,13-14H2,1H3;1H/t10-;/m0./s1. The summed E-state index contributed by atoms with van der Waals surface area (Å²) in [6, 6.07) is 4.58. The lowest BCUT2D eigenvalue weighted by Crippen LogP contribution is -2.12. The lowest BCUT2D eigenvalue weighted by molar-refractivity contribution is 0.385. The maximum atomic E-state index is 13.1. The van der Waals surface area contributed by atoms with Gasteiger partial charge in [-0.15, -0.1) is 12.4 Å². The van der Waals surface area contributed by atoms with Crippen molar-refractivity contribution in [2.75, 3.05) is 13.7 Å². The van der Waals surface area contributed by atoms with Gasteiger partial charge in [-0.2, -0.15) is 0 Å². The largest absolute Gasteiger partial charge is 0.494 e. The van der Waals surface area contributed by atoms with E-state index >= 15 is 0 Å². The van der Waals surface area contributed by atoms with E-state index in [1.807, 2.05) is 0 Å². The average molecular weight is 249 g/mol. The number of hydrogen-bond acceptors (Lipinski definition) is 3. The number of rotatable bonds is 5. The molecule has 0 aliphatic rings. The Labute approximate surface area is 101 Å². The minimum atomic E-state index is -0.368. The molecule has 1 rings (SSSR count). The molecule has 1 aromatic carbocycles. The first-order valence-electron chi connectivity index (χ1n) is 4.98. The minimum absolute atomic E-state index is 0. The van der Waals surface area contributed by atoms with E-state index in [-0.39, 0.29) is 30.0 Å². The van der Waals surface area contributed by atoms with Crippen LogP contribution in [0.2, 0.25) is 0 Å². The first kappa shape index (κ1) is 15.2. The van der Waals surface area contributed by atoms with Gasteiger partial charge in [-0.25, -0.2) is 4.39 Å². The van der Waals surface area contributed by atoms with Crippen LogP contribution in [0.15, 0.2) is 18.2 Å². The van der Waals surface area contributed by atoms with Gasteiger partial charge in [-0.3, -0.25) is 0 Å². The fraction of sp³-hybridized carbons (Fsp3) is 0.455. The van der Waals surface area contributed by atoms with Crippen LogP contribution in [0.3, 0.4) is 0 Å². The van der Waals surface area contributed by atoms with Crippen molar-refractivity contribution in [3.63, 3.8) is 0 Å². The van der Waals surface area contributed by atoms with Crippen molar-refractivity contribution in [1.82, 2.24) is 0 Å². The van der Waals surface area contributed by atoms with Gasteiger partial charge in [0.25, 0.3) is 0 Å². The van der Waals surface area contributed by atoms with Crippen molar-refractivity contribution < 1.29 is 9.13 Å². The highest BCUT2D eigenvalue weighted by Gasteiger charge is 2.09. The molecule has 16 heavy (non-hydrogen) atoms. The molecular weight excluding hydrogens is 231 g/mol. The number of nitrogens with two attached hydrogens (primary N) is 2. The Hall–Kier alpha value is -0.840. The first-order valence-corrected chi connectivity index (χ1v) is 4.98. The molecule has 3 nitrogen and oxygen atoms in total. The molecule has 0 unspecified atom stereocenters. The Bertz CT molecular complexity index is 323. The molecule has 4 N–H and O–H groups in total. The quantitative estimate of drug-likeness (QED) is 0.838. The Morgan fingerprint density at radius 3 is 2.69 bits per heavy atom. The van der Waals surface area contributed by atoms with Crippen molar-refractivity contribution >= 4 is 12.4 Å². The minimum Gasteiger partial charge on any atom is -0.494 e. The average Bonchev–Trinajstić information content (AvgIpc) is 2.26. The molecule has 0 aliphatic carbocycles. The summed E-state index contributed by atoms with van der Waals surface area (Å²) >= 11 is 0. The van der Waals surface area contributed by atoms with E-state index in [2.05, 4.69) is 0 Å². The van der Waals surface area contributed by atoms with Gasteiger partial charge in [-0.1, -0.05) is 6.07 Å². The van der Waals surface area contributed by atoms with Crippen LogP contribution >= 0.6 is 12.4 Å². The van der Waals surface area contributed by atoms with Gasteiger partial charge in [0.05, 0.1) is 7.11 Å². The third-order valence-electron chi connectivity index (χ3n) is 2.32. The molecule has 1 atom stereocenters. The van der Waals surface area contributed by atoms with Crippen LogP contribution in [0, 0.1) is 5.82 Å². The molecule has 0 radical (unpaired) electrons. The van der Waals surface area contributed by atoms with Gasteiger partial charge in [0.2, 0.25) is 0 Å². The van der Waals surface area contributed by atoms with Crippen LogP contribution in [0.1, 0.15) is 24.4 Å². The van der Waals surface area contributed by atoms with Crippen molar-refractivity contribution in [3.05, 3.63) is 29.6 Å². The van der Waals surface area contributed by atoms with Gasteiger partial charge in [0.1, 0.15) is 0 Å². The Kier molecular flexibility index (Phi) is 7.05. The normalized spacial score (nSPS) is 11.8. The summed E-state index contributed by atoms with van der Waals surface area (Å²) in [5.41, 5.74) is 12.2. The molecule has 0 spiro atoms. The van der Waals surface area contributed by atoms with Gasteiger partial charge >= 0.3 is 0 Å². The molecular formula is C11H18ClFN2O. The second kappa shape index (κ2) is 7.44. The van der Waals surface area contributed by atoms with E-state index in [1.165, 1.54) is 13.2 Å². The van der Waals surface area contributed by atoms with E-state index in [0.717, 1.165) is 18.4 Å². The molecule has 0 saturated carbocycles. The summed E-state index contributed by atoms with van der Waals surface area (Å²) in [6.07, 6.45) is 1.66. The zero-order valence-corrected chi connectivity index (χ0v) is 10.1. The predicted octanol–water partition coefficient (Wildman–Crippen LogP) is 1.99. The zero-order valence-electron chi connectivity index (χ0n) is 9.28. The van der Waals surface area contributed by atoms with E-state index < -0.39 is 0 Å². The third kappa shape index (κ3) is 3.96. The monoisotopic (exact) mass is 248 g/mol. The van der Waals surface area contributed by atoms with Crippen LogP contribution in [-0.2, 0) is 0 Å². The Morgan fingerprint density at radius 2 is 2.12 bits per heavy atom. The van der Waals surface area contributed by atoms with E-state index in [0.29, 0.717) is 6.54 Å². The van der Waals surface area contributed by atoms with Crippen molar-refractivity contribution in [2.45, 2.75) is 18.9 Å². The van der Waals surface area contributed by atoms with E-state index in [1.54, 1.807) is 12.1 Å². The molecule has 0 amide bonds. The van der Waals surface area contributed by atoms with E-state index in [4.69, 9.17) is 16.2 Å². The van der Waals surface area contributed by atoms with Crippen molar-refractivity contribution in [1.29, 1.82) is 0 Å². The molecule has 5 heteroatoms. The number of methoxy groups -OCH3 is 1. The maximum absolute atomic E-state index is 13.1. The molecule has 1 aromatic rings.